The third kappa shape index (κ3) is 3.03. The number of likely N-dealkylation sites (tertiary alicyclic amines) is 1. The molecule has 1 N–H and O–H groups in total. The van der Waals surface area contributed by atoms with Crippen LogP contribution in [-0.2, 0) is 0 Å². The van der Waals surface area contributed by atoms with Gasteiger partial charge in [-0.3, -0.25) is 14.8 Å². The summed E-state index contributed by atoms with van der Waals surface area (Å²) in [6.45, 7) is 1.41. The van der Waals surface area contributed by atoms with Crippen molar-refractivity contribution in [3.63, 3.8) is 0 Å². The van der Waals surface area contributed by atoms with E-state index in [-0.39, 0.29) is 11.8 Å². The maximum atomic E-state index is 12.6. The standard InChI is InChI=1S/C15H18N6O/c1-16-15-19-7-12(8-20-15)14(22)21-6-2-3-11(10-21)13-9-17-4-5-18-13/h4-5,7-9,11H,2-3,6,10H2,1H3,(H,16,19,20)/t11-/m0/s1. The lowest BCUT2D eigenvalue weighted by Gasteiger charge is -2.32. The number of piperidine rings is 1. The number of hydrogen-bond acceptors (Lipinski definition) is 6. The summed E-state index contributed by atoms with van der Waals surface area (Å²) in [5.74, 6) is 0.716. The molecule has 7 nitrogen and oxygen atoms in total. The van der Waals surface area contributed by atoms with E-state index in [0.717, 1.165) is 25.1 Å². The summed E-state index contributed by atoms with van der Waals surface area (Å²) in [6, 6.07) is 0. The van der Waals surface area contributed by atoms with Crippen molar-refractivity contribution < 1.29 is 4.79 Å². The molecule has 1 atom stereocenters. The second-order valence-electron chi connectivity index (χ2n) is 5.27. The van der Waals surface area contributed by atoms with Gasteiger partial charge in [0.1, 0.15) is 0 Å². The van der Waals surface area contributed by atoms with E-state index in [1.807, 2.05) is 4.90 Å². The molecule has 3 rings (SSSR count). The Morgan fingerprint density at radius 2 is 2.05 bits per heavy atom. The molecule has 1 aliphatic rings. The van der Waals surface area contributed by atoms with Crippen molar-refractivity contribution in [2.45, 2.75) is 18.8 Å². The van der Waals surface area contributed by atoms with E-state index in [1.165, 1.54) is 0 Å². The van der Waals surface area contributed by atoms with Gasteiger partial charge in [0.05, 0.1) is 11.3 Å². The van der Waals surface area contributed by atoms with E-state index < -0.39 is 0 Å². The SMILES string of the molecule is CNc1ncc(C(=O)N2CCC[C@H](c3cnccn3)C2)cn1. The molecular weight excluding hydrogens is 280 g/mol. The third-order valence-electron chi connectivity index (χ3n) is 3.83. The number of amides is 1. The lowest BCUT2D eigenvalue weighted by Crippen LogP contribution is -2.39. The van der Waals surface area contributed by atoms with E-state index in [2.05, 4.69) is 25.3 Å². The lowest BCUT2D eigenvalue weighted by atomic mass is 9.94. The number of anilines is 1. The van der Waals surface area contributed by atoms with Crippen molar-refractivity contribution in [3.8, 4) is 0 Å². The van der Waals surface area contributed by atoms with E-state index in [0.29, 0.717) is 18.1 Å². The van der Waals surface area contributed by atoms with Gasteiger partial charge in [-0.2, -0.15) is 0 Å². The fraction of sp³-hybridized carbons (Fsp3) is 0.400. The van der Waals surface area contributed by atoms with Crippen LogP contribution in [0.3, 0.4) is 0 Å². The Bertz CT molecular complexity index is 630. The second kappa shape index (κ2) is 6.46. The van der Waals surface area contributed by atoms with Crippen LogP contribution in [0.5, 0.6) is 0 Å². The average Bonchev–Trinajstić information content (AvgIpc) is 2.62. The van der Waals surface area contributed by atoms with Crippen LogP contribution in [0.15, 0.2) is 31.0 Å². The molecule has 1 amide bonds. The number of carbonyl (C=O) groups excluding carboxylic acids is 1. The van der Waals surface area contributed by atoms with Crippen LogP contribution in [0.25, 0.3) is 0 Å². The molecule has 1 fully saturated rings. The van der Waals surface area contributed by atoms with Gasteiger partial charge in [0.15, 0.2) is 0 Å². The Balaban J connectivity index is 1.72. The fourth-order valence-electron chi connectivity index (χ4n) is 2.67. The predicted molar refractivity (Wildman–Crippen MR) is 81.5 cm³/mol. The Morgan fingerprint density at radius 3 is 2.73 bits per heavy atom. The van der Waals surface area contributed by atoms with Crippen molar-refractivity contribution >= 4 is 11.9 Å². The summed E-state index contributed by atoms with van der Waals surface area (Å²) in [5.41, 5.74) is 1.46. The maximum absolute atomic E-state index is 12.6. The average molecular weight is 298 g/mol. The molecule has 22 heavy (non-hydrogen) atoms. The Kier molecular flexibility index (Phi) is 4.22. The summed E-state index contributed by atoms with van der Waals surface area (Å²) < 4.78 is 0. The van der Waals surface area contributed by atoms with Crippen molar-refractivity contribution in [1.82, 2.24) is 24.8 Å². The van der Waals surface area contributed by atoms with Gasteiger partial charge < -0.3 is 10.2 Å². The normalized spacial score (nSPS) is 18.0. The first kappa shape index (κ1) is 14.4. The smallest absolute Gasteiger partial charge is 0.257 e. The fourth-order valence-corrected chi connectivity index (χ4v) is 2.67. The summed E-state index contributed by atoms with van der Waals surface area (Å²) in [5, 5.41) is 2.84. The Labute approximate surface area is 128 Å². The van der Waals surface area contributed by atoms with Crippen LogP contribution in [0.2, 0.25) is 0 Å². The molecular formula is C15H18N6O. The van der Waals surface area contributed by atoms with Crippen molar-refractivity contribution in [2.24, 2.45) is 0 Å². The molecule has 3 heterocycles. The number of hydrogen-bond donors (Lipinski definition) is 1. The zero-order valence-corrected chi connectivity index (χ0v) is 12.4. The van der Waals surface area contributed by atoms with Crippen molar-refractivity contribution in [1.29, 1.82) is 0 Å². The lowest BCUT2D eigenvalue weighted by molar-refractivity contribution is 0.0705. The van der Waals surface area contributed by atoms with Crippen LogP contribution in [0.4, 0.5) is 5.95 Å². The Hall–Kier alpha value is -2.57. The first-order valence-corrected chi connectivity index (χ1v) is 7.33. The highest BCUT2D eigenvalue weighted by Crippen LogP contribution is 2.25. The first-order chi connectivity index (χ1) is 10.8. The van der Waals surface area contributed by atoms with Crippen LogP contribution >= 0.6 is 0 Å². The monoisotopic (exact) mass is 298 g/mol. The topological polar surface area (TPSA) is 83.9 Å². The highest BCUT2D eigenvalue weighted by Gasteiger charge is 2.26. The number of nitrogens with one attached hydrogen (secondary N) is 1. The number of nitrogens with zero attached hydrogens (tertiary/aromatic N) is 5. The molecule has 2 aromatic rings. The number of rotatable bonds is 3. The minimum absolute atomic E-state index is 0.0313. The van der Waals surface area contributed by atoms with Gasteiger partial charge >= 0.3 is 0 Å². The zero-order chi connectivity index (χ0) is 15.4. The van der Waals surface area contributed by atoms with Crippen molar-refractivity contribution in [3.05, 3.63) is 42.2 Å². The van der Waals surface area contributed by atoms with Gasteiger partial charge in [0.2, 0.25) is 5.95 Å². The molecule has 0 aromatic carbocycles. The molecule has 7 heteroatoms. The molecule has 1 saturated heterocycles. The molecule has 0 saturated carbocycles. The van der Waals surface area contributed by atoms with Gasteiger partial charge in [-0.15, -0.1) is 0 Å². The zero-order valence-electron chi connectivity index (χ0n) is 12.4. The molecule has 0 unspecified atom stereocenters. The minimum atomic E-state index is -0.0313. The Morgan fingerprint density at radius 1 is 1.23 bits per heavy atom. The van der Waals surface area contributed by atoms with E-state index in [9.17, 15) is 4.79 Å². The largest absolute Gasteiger partial charge is 0.357 e. The molecule has 0 radical (unpaired) electrons. The predicted octanol–water partition coefficient (Wildman–Crippen LogP) is 1.33. The second-order valence-corrected chi connectivity index (χ2v) is 5.27. The highest BCUT2D eigenvalue weighted by atomic mass is 16.2. The molecule has 0 aliphatic carbocycles. The molecule has 2 aromatic heterocycles. The van der Waals surface area contributed by atoms with E-state index in [1.54, 1.807) is 38.0 Å². The molecule has 114 valence electrons. The van der Waals surface area contributed by atoms with Crippen LogP contribution in [0, 0.1) is 0 Å². The van der Waals surface area contributed by atoms with Crippen LogP contribution in [-0.4, -0.2) is 50.9 Å². The summed E-state index contributed by atoms with van der Waals surface area (Å²) >= 11 is 0. The summed E-state index contributed by atoms with van der Waals surface area (Å²) in [4.78, 5) is 31.1. The van der Waals surface area contributed by atoms with Gasteiger partial charge in [-0.25, -0.2) is 9.97 Å². The third-order valence-corrected chi connectivity index (χ3v) is 3.83. The van der Waals surface area contributed by atoms with Gasteiger partial charge in [-0.1, -0.05) is 0 Å². The van der Waals surface area contributed by atoms with Crippen LogP contribution < -0.4 is 5.32 Å². The van der Waals surface area contributed by atoms with Gasteiger partial charge in [-0.05, 0) is 12.8 Å². The summed E-state index contributed by atoms with van der Waals surface area (Å²) in [6.07, 6.45) is 10.3. The van der Waals surface area contributed by atoms with Gasteiger partial charge in [0, 0.05) is 57.0 Å². The van der Waals surface area contributed by atoms with E-state index in [4.69, 9.17) is 0 Å². The van der Waals surface area contributed by atoms with Crippen molar-refractivity contribution in [2.75, 3.05) is 25.5 Å². The number of carbonyl (C=O) groups is 1. The van der Waals surface area contributed by atoms with Gasteiger partial charge in [0.25, 0.3) is 5.91 Å². The van der Waals surface area contributed by atoms with Crippen LogP contribution in [0.1, 0.15) is 34.8 Å². The highest BCUT2D eigenvalue weighted by molar-refractivity contribution is 5.93. The van der Waals surface area contributed by atoms with E-state index >= 15 is 0 Å². The molecule has 0 spiro atoms. The first-order valence-electron chi connectivity index (χ1n) is 7.33. The quantitative estimate of drug-likeness (QED) is 0.920. The number of aromatic nitrogens is 4. The minimum Gasteiger partial charge on any atom is -0.357 e. The molecule has 0 bridgehead atoms. The summed E-state index contributed by atoms with van der Waals surface area (Å²) in [7, 11) is 1.74. The molecule has 1 aliphatic heterocycles. The maximum Gasteiger partial charge on any atom is 0.257 e.